The van der Waals surface area contributed by atoms with Crippen molar-refractivity contribution in [1.82, 2.24) is 15.0 Å². The van der Waals surface area contributed by atoms with E-state index in [1.807, 2.05) is 31.3 Å². The molecular weight excluding hydrogens is 242 g/mol. The van der Waals surface area contributed by atoms with Crippen molar-refractivity contribution in [3.8, 4) is 0 Å². The lowest BCUT2D eigenvalue weighted by atomic mass is 10.3. The van der Waals surface area contributed by atoms with Crippen molar-refractivity contribution in [1.29, 1.82) is 0 Å². The van der Waals surface area contributed by atoms with Gasteiger partial charge in [0.1, 0.15) is 17.5 Å². The molecule has 0 aliphatic carbocycles. The monoisotopic (exact) mass is 259 g/mol. The third-order valence-electron chi connectivity index (χ3n) is 2.45. The van der Waals surface area contributed by atoms with Crippen molar-refractivity contribution in [2.24, 2.45) is 0 Å². The van der Waals surface area contributed by atoms with Gasteiger partial charge in [-0.25, -0.2) is 9.97 Å². The summed E-state index contributed by atoms with van der Waals surface area (Å²) in [6.45, 7) is 3.03. The summed E-state index contributed by atoms with van der Waals surface area (Å²) >= 11 is 0. The van der Waals surface area contributed by atoms with Crippen LogP contribution in [0.25, 0.3) is 0 Å². The molecule has 0 aliphatic rings. The average molecular weight is 259 g/mol. The first-order valence-electron chi connectivity index (χ1n) is 6.11. The maximum absolute atomic E-state index is 8.79. The van der Waals surface area contributed by atoms with Gasteiger partial charge in [-0.3, -0.25) is 4.98 Å². The van der Waals surface area contributed by atoms with Crippen LogP contribution in [0.2, 0.25) is 0 Å². The number of aryl methyl sites for hydroxylation is 1. The highest BCUT2D eigenvalue weighted by Gasteiger charge is 2.01. The molecule has 0 atom stereocenters. The Kier molecular flexibility index (Phi) is 4.63. The zero-order chi connectivity index (χ0) is 13.5. The number of nitrogens with one attached hydrogen (secondary N) is 2. The summed E-state index contributed by atoms with van der Waals surface area (Å²) in [4.78, 5) is 12.6. The normalized spacial score (nSPS) is 10.2. The Morgan fingerprint density at radius 2 is 2.00 bits per heavy atom. The van der Waals surface area contributed by atoms with Crippen molar-refractivity contribution in [3.63, 3.8) is 0 Å². The van der Waals surface area contributed by atoms with Gasteiger partial charge in [-0.15, -0.1) is 0 Å². The number of aliphatic hydroxyl groups is 1. The van der Waals surface area contributed by atoms with Gasteiger partial charge >= 0.3 is 0 Å². The molecule has 6 nitrogen and oxygen atoms in total. The molecule has 0 spiro atoms. The number of aromatic nitrogens is 3. The second kappa shape index (κ2) is 6.65. The molecule has 0 aliphatic heterocycles. The van der Waals surface area contributed by atoms with E-state index in [-0.39, 0.29) is 6.61 Å². The minimum Gasteiger partial charge on any atom is -0.395 e. The second-order valence-electron chi connectivity index (χ2n) is 4.05. The molecule has 2 rings (SSSR count). The Morgan fingerprint density at radius 3 is 2.68 bits per heavy atom. The van der Waals surface area contributed by atoms with Gasteiger partial charge in [0.05, 0.1) is 6.61 Å². The smallest absolute Gasteiger partial charge is 0.132 e. The van der Waals surface area contributed by atoms with E-state index < -0.39 is 0 Å². The van der Waals surface area contributed by atoms with Gasteiger partial charge in [0.25, 0.3) is 0 Å². The fourth-order valence-electron chi connectivity index (χ4n) is 1.63. The third-order valence-corrected chi connectivity index (χ3v) is 2.45. The molecule has 0 saturated carbocycles. The largest absolute Gasteiger partial charge is 0.395 e. The first-order chi connectivity index (χ1) is 9.28. The molecule has 3 N–H and O–H groups in total. The number of hydrogen-bond acceptors (Lipinski definition) is 6. The fraction of sp³-hybridized carbons (Fsp3) is 0.308. The number of nitrogens with zero attached hydrogens (tertiary/aromatic N) is 3. The summed E-state index contributed by atoms with van der Waals surface area (Å²) in [7, 11) is 0. The average Bonchev–Trinajstić information content (AvgIpc) is 2.43. The molecule has 2 aromatic rings. The number of rotatable bonds is 6. The van der Waals surface area contributed by atoms with E-state index in [0.717, 1.165) is 11.4 Å². The Balaban J connectivity index is 2.01. The minimum atomic E-state index is 0.0709. The Labute approximate surface area is 112 Å². The Bertz CT molecular complexity index is 518. The van der Waals surface area contributed by atoms with Crippen LogP contribution in [0, 0.1) is 6.92 Å². The van der Waals surface area contributed by atoms with Gasteiger partial charge in [-0.2, -0.15) is 0 Å². The molecule has 2 heterocycles. The van der Waals surface area contributed by atoms with Crippen molar-refractivity contribution in [2.75, 3.05) is 23.8 Å². The molecule has 0 amide bonds. The minimum absolute atomic E-state index is 0.0709. The second-order valence-corrected chi connectivity index (χ2v) is 4.05. The first kappa shape index (κ1) is 13.2. The first-order valence-corrected chi connectivity index (χ1v) is 6.11. The quantitative estimate of drug-likeness (QED) is 0.723. The number of hydrogen-bond donors (Lipinski definition) is 3. The zero-order valence-electron chi connectivity index (χ0n) is 10.8. The van der Waals surface area contributed by atoms with Crippen LogP contribution in [0.4, 0.5) is 11.6 Å². The summed E-state index contributed by atoms with van der Waals surface area (Å²) in [5.74, 6) is 2.13. The Hall–Kier alpha value is -2.21. The van der Waals surface area contributed by atoms with Crippen LogP contribution >= 0.6 is 0 Å². The SMILES string of the molecule is Cc1nc(NCCO)cc(NCc2cccnc2)n1. The van der Waals surface area contributed by atoms with Crippen molar-refractivity contribution >= 4 is 11.6 Å². The van der Waals surface area contributed by atoms with E-state index in [2.05, 4.69) is 25.6 Å². The molecule has 0 bridgehead atoms. The van der Waals surface area contributed by atoms with Crippen LogP contribution in [-0.4, -0.2) is 33.2 Å². The molecule has 0 unspecified atom stereocenters. The third kappa shape index (κ3) is 4.18. The predicted octanol–water partition coefficient (Wildman–Crippen LogP) is 1.20. The van der Waals surface area contributed by atoms with Crippen LogP contribution in [0.1, 0.15) is 11.4 Å². The van der Waals surface area contributed by atoms with Crippen LogP contribution in [0.15, 0.2) is 30.6 Å². The van der Waals surface area contributed by atoms with Gasteiger partial charge in [0.15, 0.2) is 0 Å². The van der Waals surface area contributed by atoms with Gasteiger partial charge in [0.2, 0.25) is 0 Å². The van der Waals surface area contributed by atoms with Crippen LogP contribution in [0.5, 0.6) is 0 Å². The number of aliphatic hydroxyl groups excluding tert-OH is 1. The summed E-state index contributed by atoms with van der Waals surface area (Å²) in [6.07, 6.45) is 3.56. The number of pyridine rings is 1. The lowest BCUT2D eigenvalue weighted by Gasteiger charge is -2.09. The molecule has 19 heavy (non-hydrogen) atoms. The van der Waals surface area contributed by atoms with Gasteiger partial charge in [0, 0.05) is 31.5 Å². The molecule has 2 aromatic heterocycles. The van der Waals surface area contributed by atoms with Gasteiger partial charge < -0.3 is 15.7 Å². The van der Waals surface area contributed by atoms with Crippen molar-refractivity contribution in [3.05, 3.63) is 42.0 Å². The summed E-state index contributed by atoms with van der Waals surface area (Å²) in [6, 6.07) is 5.72. The summed E-state index contributed by atoms with van der Waals surface area (Å²) < 4.78 is 0. The molecule has 100 valence electrons. The maximum atomic E-state index is 8.79. The highest BCUT2D eigenvalue weighted by molar-refractivity contribution is 5.47. The van der Waals surface area contributed by atoms with E-state index in [4.69, 9.17) is 5.11 Å². The zero-order valence-corrected chi connectivity index (χ0v) is 10.8. The van der Waals surface area contributed by atoms with E-state index in [0.29, 0.717) is 24.7 Å². The summed E-state index contributed by atoms with van der Waals surface area (Å²) in [5.41, 5.74) is 1.09. The molecule has 0 radical (unpaired) electrons. The highest BCUT2D eigenvalue weighted by Crippen LogP contribution is 2.11. The molecular formula is C13H17N5O. The van der Waals surface area contributed by atoms with Crippen molar-refractivity contribution in [2.45, 2.75) is 13.5 Å². The lowest BCUT2D eigenvalue weighted by molar-refractivity contribution is 0.311. The molecule has 0 aromatic carbocycles. The molecule has 0 saturated heterocycles. The highest BCUT2D eigenvalue weighted by atomic mass is 16.3. The van der Waals surface area contributed by atoms with Crippen LogP contribution < -0.4 is 10.6 Å². The Morgan fingerprint density at radius 1 is 1.21 bits per heavy atom. The standard InChI is InChI=1S/C13H17N5O/c1-10-17-12(15-5-6-19)7-13(18-10)16-9-11-3-2-4-14-8-11/h2-4,7-8,19H,5-6,9H2,1H3,(H2,15,16,17,18). The molecule has 0 fully saturated rings. The predicted molar refractivity (Wildman–Crippen MR) is 73.9 cm³/mol. The molecule has 6 heteroatoms. The van der Waals surface area contributed by atoms with E-state index in [1.54, 1.807) is 6.20 Å². The summed E-state index contributed by atoms with van der Waals surface area (Å²) in [5, 5.41) is 15.0. The number of anilines is 2. The van der Waals surface area contributed by atoms with Crippen LogP contribution in [0.3, 0.4) is 0 Å². The van der Waals surface area contributed by atoms with Gasteiger partial charge in [-0.05, 0) is 18.6 Å². The fourth-order valence-corrected chi connectivity index (χ4v) is 1.63. The van der Waals surface area contributed by atoms with Crippen molar-refractivity contribution < 1.29 is 5.11 Å². The topological polar surface area (TPSA) is 83.0 Å². The van der Waals surface area contributed by atoms with E-state index in [1.165, 1.54) is 0 Å². The van der Waals surface area contributed by atoms with Crippen LogP contribution in [-0.2, 0) is 6.54 Å². The van der Waals surface area contributed by atoms with E-state index in [9.17, 15) is 0 Å². The lowest BCUT2D eigenvalue weighted by Crippen LogP contribution is -2.10. The van der Waals surface area contributed by atoms with E-state index >= 15 is 0 Å². The maximum Gasteiger partial charge on any atom is 0.132 e. The van der Waals surface area contributed by atoms with Gasteiger partial charge in [-0.1, -0.05) is 6.07 Å².